The van der Waals surface area contributed by atoms with Crippen LogP contribution in [0.5, 0.6) is 0 Å². The third kappa shape index (κ3) is 3.90. The second kappa shape index (κ2) is 6.67. The second-order valence-corrected chi connectivity index (χ2v) is 7.07. The summed E-state index contributed by atoms with van der Waals surface area (Å²) >= 11 is 0. The van der Waals surface area contributed by atoms with Gasteiger partial charge in [-0.1, -0.05) is 49.6 Å². The molecule has 0 bridgehead atoms. The van der Waals surface area contributed by atoms with Gasteiger partial charge in [0.1, 0.15) is 5.78 Å². The van der Waals surface area contributed by atoms with Gasteiger partial charge in [0.2, 0.25) is 0 Å². The van der Waals surface area contributed by atoms with Crippen molar-refractivity contribution in [3.63, 3.8) is 0 Å². The van der Waals surface area contributed by atoms with E-state index in [0.29, 0.717) is 6.04 Å². The fraction of sp³-hybridized carbons (Fsp3) is 0.571. The molecule has 106 valence electrons. The lowest BCUT2D eigenvalue weighted by molar-refractivity contribution is 0.280. The van der Waals surface area contributed by atoms with E-state index < -0.39 is 13.4 Å². The van der Waals surface area contributed by atoms with Crippen molar-refractivity contribution in [2.45, 2.75) is 43.9 Å². The Hall–Kier alpha value is -0.670. The topological polar surface area (TPSA) is 58.6 Å². The van der Waals surface area contributed by atoms with E-state index in [9.17, 15) is 9.46 Å². The van der Waals surface area contributed by atoms with E-state index in [1.54, 1.807) is 0 Å². The van der Waals surface area contributed by atoms with E-state index in [4.69, 9.17) is 4.52 Å². The zero-order valence-electron chi connectivity index (χ0n) is 11.3. The molecular weight excluding hydrogens is 261 g/mol. The van der Waals surface area contributed by atoms with E-state index in [0.717, 1.165) is 18.4 Å². The lowest BCUT2D eigenvalue weighted by atomic mass is 9.95. The van der Waals surface area contributed by atoms with Crippen LogP contribution in [0.15, 0.2) is 30.3 Å². The Morgan fingerprint density at radius 1 is 1.26 bits per heavy atom. The molecule has 19 heavy (non-hydrogen) atoms. The summed E-state index contributed by atoms with van der Waals surface area (Å²) in [6.07, 6.45) is 5.75. The summed E-state index contributed by atoms with van der Waals surface area (Å²) in [5, 5.41) is 3.33. The van der Waals surface area contributed by atoms with Gasteiger partial charge in [0.15, 0.2) is 0 Å². The summed E-state index contributed by atoms with van der Waals surface area (Å²) < 4.78 is 17.1. The zero-order valence-corrected chi connectivity index (χ0v) is 12.2. The molecule has 2 N–H and O–H groups in total. The molecule has 1 fully saturated rings. The SMILES string of the molecule is COP(=O)(O)C(NC1CCCCC1)c1ccccc1. The summed E-state index contributed by atoms with van der Waals surface area (Å²) in [5.41, 5.74) is 0.806. The van der Waals surface area contributed by atoms with Gasteiger partial charge in [-0.25, -0.2) is 0 Å². The Labute approximate surface area is 114 Å². The van der Waals surface area contributed by atoms with Gasteiger partial charge in [-0.2, -0.15) is 0 Å². The van der Waals surface area contributed by atoms with Crippen LogP contribution < -0.4 is 5.32 Å². The van der Waals surface area contributed by atoms with Gasteiger partial charge in [0.05, 0.1) is 0 Å². The Kier molecular flexibility index (Phi) is 5.17. The number of rotatable bonds is 5. The van der Waals surface area contributed by atoms with Crippen molar-refractivity contribution in [1.29, 1.82) is 0 Å². The van der Waals surface area contributed by atoms with Gasteiger partial charge >= 0.3 is 7.60 Å². The van der Waals surface area contributed by atoms with Crippen LogP contribution in [0.25, 0.3) is 0 Å². The predicted molar refractivity (Wildman–Crippen MR) is 76.0 cm³/mol. The van der Waals surface area contributed by atoms with E-state index in [1.807, 2.05) is 30.3 Å². The Bertz CT molecular complexity index is 432. The summed E-state index contributed by atoms with van der Waals surface area (Å²) in [6.45, 7) is 0. The highest BCUT2D eigenvalue weighted by molar-refractivity contribution is 7.53. The van der Waals surface area contributed by atoms with E-state index in [1.165, 1.54) is 26.4 Å². The van der Waals surface area contributed by atoms with Crippen molar-refractivity contribution in [3.8, 4) is 0 Å². The van der Waals surface area contributed by atoms with Crippen LogP contribution >= 0.6 is 7.60 Å². The van der Waals surface area contributed by atoms with Crippen LogP contribution in [-0.2, 0) is 9.09 Å². The van der Waals surface area contributed by atoms with Crippen LogP contribution in [0.2, 0.25) is 0 Å². The highest BCUT2D eigenvalue weighted by atomic mass is 31.2. The van der Waals surface area contributed by atoms with Crippen molar-refractivity contribution in [1.82, 2.24) is 5.32 Å². The number of hydrogen-bond acceptors (Lipinski definition) is 3. The monoisotopic (exact) mass is 283 g/mol. The maximum absolute atomic E-state index is 12.2. The predicted octanol–water partition coefficient (Wildman–Crippen LogP) is 3.44. The first-order valence-corrected chi connectivity index (χ1v) is 8.47. The van der Waals surface area contributed by atoms with Crippen LogP contribution in [-0.4, -0.2) is 18.0 Å². The summed E-state index contributed by atoms with van der Waals surface area (Å²) in [5.74, 6) is -0.637. The van der Waals surface area contributed by atoms with Gasteiger partial charge in [0.25, 0.3) is 0 Å². The fourth-order valence-corrected chi connectivity index (χ4v) is 3.77. The van der Waals surface area contributed by atoms with Gasteiger partial charge < -0.3 is 9.42 Å². The van der Waals surface area contributed by atoms with Gasteiger partial charge in [0, 0.05) is 13.2 Å². The molecule has 1 aliphatic carbocycles. The standard InChI is InChI=1S/C14H22NO3P/c1-18-19(16,17)14(12-8-4-2-5-9-12)15-13-10-6-3-7-11-13/h2,4-5,8-9,13-15H,3,6-7,10-11H2,1H3,(H,16,17). The lowest BCUT2D eigenvalue weighted by Crippen LogP contribution is -2.34. The molecule has 0 amide bonds. The van der Waals surface area contributed by atoms with Crippen molar-refractivity contribution in [2.75, 3.05) is 7.11 Å². The molecule has 1 aliphatic rings. The average molecular weight is 283 g/mol. The number of hydrogen-bond donors (Lipinski definition) is 2. The molecule has 2 unspecified atom stereocenters. The minimum absolute atomic E-state index is 0.301. The molecule has 2 rings (SSSR count). The maximum Gasteiger partial charge on any atom is 0.349 e. The van der Waals surface area contributed by atoms with Crippen molar-refractivity contribution in [2.24, 2.45) is 0 Å². The fourth-order valence-electron chi connectivity index (χ4n) is 2.61. The van der Waals surface area contributed by atoms with E-state index in [-0.39, 0.29) is 0 Å². The minimum Gasteiger partial charge on any atom is -0.323 e. The van der Waals surface area contributed by atoms with Crippen LogP contribution in [0, 0.1) is 0 Å². The van der Waals surface area contributed by atoms with Crippen molar-refractivity contribution >= 4 is 7.60 Å². The normalized spacial score (nSPS) is 21.8. The third-order valence-electron chi connectivity index (χ3n) is 3.70. The molecule has 2 atom stereocenters. The van der Waals surface area contributed by atoms with Crippen molar-refractivity contribution in [3.05, 3.63) is 35.9 Å². The first-order chi connectivity index (χ1) is 9.13. The molecule has 0 spiro atoms. The van der Waals surface area contributed by atoms with Gasteiger partial charge in [-0.15, -0.1) is 0 Å². The van der Waals surface area contributed by atoms with Gasteiger partial charge in [-0.3, -0.25) is 9.88 Å². The summed E-state index contributed by atoms with van der Waals surface area (Å²) in [7, 11) is -2.39. The Balaban J connectivity index is 2.17. The quantitative estimate of drug-likeness (QED) is 0.813. The number of nitrogens with one attached hydrogen (secondary N) is 1. The molecule has 1 aromatic carbocycles. The summed E-state index contributed by atoms with van der Waals surface area (Å²) in [4.78, 5) is 10.0. The smallest absolute Gasteiger partial charge is 0.323 e. The lowest BCUT2D eigenvalue weighted by Gasteiger charge is -2.30. The molecule has 0 radical (unpaired) electrons. The third-order valence-corrected chi connectivity index (χ3v) is 5.32. The molecule has 0 saturated heterocycles. The first kappa shape index (κ1) is 14.7. The number of benzene rings is 1. The molecule has 0 aliphatic heterocycles. The summed E-state index contributed by atoms with van der Waals surface area (Å²) in [6, 6.07) is 9.68. The average Bonchev–Trinajstić information content (AvgIpc) is 2.46. The minimum atomic E-state index is -3.68. The Morgan fingerprint density at radius 2 is 1.89 bits per heavy atom. The van der Waals surface area contributed by atoms with Crippen LogP contribution in [0.4, 0.5) is 0 Å². The molecule has 1 aromatic rings. The highest BCUT2D eigenvalue weighted by Gasteiger charge is 2.34. The van der Waals surface area contributed by atoms with Gasteiger partial charge in [-0.05, 0) is 18.4 Å². The molecule has 0 heterocycles. The van der Waals surface area contributed by atoms with E-state index in [2.05, 4.69) is 5.32 Å². The maximum atomic E-state index is 12.2. The molecular formula is C14H22NO3P. The van der Waals surface area contributed by atoms with Crippen molar-refractivity contribution < 1.29 is 14.0 Å². The first-order valence-electron chi connectivity index (χ1n) is 6.82. The largest absolute Gasteiger partial charge is 0.349 e. The highest BCUT2D eigenvalue weighted by Crippen LogP contribution is 2.54. The molecule has 4 nitrogen and oxygen atoms in total. The molecule has 5 heteroatoms. The van der Waals surface area contributed by atoms with E-state index >= 15 is 0 Å². The van der Waals surface area contributed by atoms with Crippen LogP contribution in [0.3, 0.4) is 0 Å². The molecule has 0 aromatic heterocycles. The second-order valence-electron chi connectivity index (χ2n) is 5.06. The molecule has 1 saturated carbocycles. The zero-order chi connectivity index (χ0) is 13.7. The van der Waals surface area contributed by atoms with Crippen LogP contribution in [0.1, 0.15) is 43.5 Å². The Morgan fingerprint density at radius 3 is 2.47 bits per heavy atom.